The van der Waals surface area contributed by atoms with E-state index in [9.17, 15) is 14.0 Å². The molecule has 0 unspecified atom stereocenters. The summed E-state index contributed by atoms with van der Waals surface area (Å²) >= 11 is 0. The molecule has 26 heavy (non-hydrogen) atoms. The molecule has 0 atom stereocenters. The summed E-state index contributed by atoms with van der Waals surface area (Å²) in [6.45, 7) is 3.31. The Hall–Kier alpha value is -2.73. The minimum Gasteiger partial charge on any atom is -0.344 e. The standard InChI is InChI=1S/C20H22FN3O2/c21-18-9-5-4-8-17(18)14-22-19(25)20(26)24-12-10-23(11-13-24)15-16-6-2-1-3-7-16/h1-9H,10-15H2,(H,22,25). The van der Waals surface area contributed by atoms with Gasteiger partial charge < -0.3 is 10.2 Å². The average molecular weight is 355 g/mol. The number of hydrogen-bond acceptors (Lipinski definition) is 3. The van der Waals surface area contributed by atoms with E-state index in [2.05, 4.69) is 22.3 Å². The van der Waals surface area contributed by atoms with Gasteiger partial charge in [-0.05, 0) is 11.6 Å². The minimum atomic E-state index is -0.690. The number of amides is 2. The van der Waals surface area contributed by atoms with Gasteiger partial charge in [-0.3, -0.25) is 14.5 Å². The Labute approximate surface area is 152 Å². The van der Waals surface area contributed by atoms with Crippen LogP contribution in [0.5, 0.6) is 0 Å². The number of piperazine rings is 1. The van der Waals surface area contributed by atoms with Crippen molar-refractivity contribution in [2.24, 2.45) is 0 Å². The lowest BCUT2D eigenvalue weighted by Gasteiger charge is -2.34. The summed E-state index contributed by atoms with van der Waals surface area (Å²) in [5.74, 6) is -1.64. The van der Waals surface area contributed by atoms with E-state index in [1.165, 1.54) is 11.6 Å². The van der Waals surface area contributed by atoms with Crippen molar-refractivity contribution < 1.29 is 14.0 Å². The molecule has 0 aromatic heterocycles. The maximum absolute atomic E-state index is 13.6. The number of nitrogens with one attached hydrogen (secondary N) is 1. The number of halogens is 1. The van der Waals surface area contributed by atoms with Crippen LogP contribution < -0.4 is 5.32 Å². The van der Waals surface area contributed by atoms with E-state index in [1.54, 1.807) is 23.1 Å². The molecule has 0 aliphatic carbocycles. The number of carbonyl (C=O) groups excluding carboxylic acids is 2. The molecule has 0 radical (unpaired) electrons. The van der Waals surface area contributed by atoms with E-state index < -0.39 is 17.6 Å². The zero-order valence-corrected chi connectivity index (χ0v) is 14.5. The monoisotopic (exact) mass is 355 g/mol. The summed E-state index contributed by atoms with van der Waals surface area (Å²) in [5, 5.41) is 2.50. The highest BCUT2D eigenvalue weighted by molar-refractivity contribution is 6.35. The lowest BCUT2D eigenvalue weighted by Crippen LogP contribution is -2.52. The Kier molecular flexibility index (Phi) is 5.96. The normalized spacial score (nSPS) is 14.9. The first-order valence-corrected chi connectivity index (χ1v) is 8.70. The van der Waals surface area contributed by atoms with Gasteiger partial charge in [-0.1, -0.05) is 48.5 Å². The molecule has 2 aromatic carbocycles. The van der Waals surface area contributed by atoms with Gasteiger partial charge in [0, 0.05) is 44.8 Å². The molecule has 1 saturated heterocycles. The third kappa shape index (κ3) is 4.67. The van der Waals surface area contributed by atoms with Crippen LogP contribution in [0.1, 0.15) is 11.1 Å². The summed E-state index contributed by atoms with van der Waals surface area (Å²) in [6.07, 6.45) is 0. The van der Waals surface area contributed by atoms with Crippen LogP contribution in [0.25, 0.3) is 0 Å². The highest BCUT2D eigenvalue weighted by Gasteiger charge is 2.25. The zero-order chi connectivity index (χ0) is 18.4. The summed E-state index contributed by atoms with van der Waals surface area (Å²) in [7, 11) is 0. The maximum atomic E-state index is 13.6. The molecule has 1 N–H and O–H groups in total. The largest absolute Gasteiger partial charge is 0.344 e. The highest BCUT2D eigenvalue weighted by Crippen LogP contribution is 2.09. The van der Waals surface area contributed by atoms with Gasteiger partial charge in [0.05, 0.1) is 0 Å². The molecule has 136 valence electrons. The van der Waals surface area contributed by atoms with Crippen molar-refractivity contribution in [1.29, 1.82) is 0 Å². The molecule has 0 spiro atoms. The molecule has 0 saturated carbocycles. The fourth-order valence-corrected chi connectivity index (χ4v) is 2.99. The first-order chi connectivity index (χ1) is 12.6. The fraction of sp³-hybridized carbons (Fsp3) is 0.300. The highest BCUT2D eigenvalue weighted by atomic mass is 19.1. The second-order valence-corrected chi connectivity index (χ2v) is 6.33. The van der Waals surface area contributed by atoms with Crippen LogP contribution in [-0.4, -0.2) is 47.8 Å². The van der Waals surface area contributed by atoms with Crippen molar-refractivity contribution in [3.63, 3.8) is 0 Å². The average Bonchev–Trinajstić information content (AvgIpc) is 2.68. The molecule has 3 rings (SSSR count). The van der Waals surface area contributed by atoms with Gasteiger partial charge in [-0.2, -0.15) is 0 Å². The van der Waals surface area contributed by atoms with Crippen molar-refractivity contribution in [3.8, 4) is 0 Å². The van der Waals surface area contributed by atoms with Crippen molar-refractivity contribution >= 4 is 11.8 Å². The van der Waals surface area contributed by atoms with E-state index in [0.717, 1.165) is 19.6 Å². The topological polar surface area (TPSA) is 52.7 Å². The van der Waals surface area contributed by atoms with Crippen molar-refractivity contribution in [1.82, 2.24) is 15.1 Å². The number of hydrogen-bond donors (Lipinski definition) is 1. The van der Waals surface area contributed by atoms with Gasteiger partial charge in [0.1, 0.15) is 5.82 Å². The first kappa shape index (κ1) is 18.1. The van der Waals surface area contributed by atoms with Gasteiger partial charge in [-0.25, -0.2) is 4.39 Å². The Morgan fingerprint density at radius 2 is 1.58 bits per heavy atom. The molecule has 0 bridgehead atoms. The van der Waals surface area contributed by atoms with Gasteiger partial charge in [0.25, 0.3) is 0 Å². The van der Waals surface area contributed by atoms with E-state index in [1.807, 2.05) is 18.2 Å². The third-order valence-corrected chi connectivity index (χ3v) is 4.50. The Bertz CT molecular complexity index is 759. The summed E-state index contributed by atoms with van der Waals surface area (Å²) in [5.41, 5.74) is 1.59. The van der Waals surface area contributed by atoms with Crippen molar-refractivity contribution in [3.05, 3.63) is 71.5 Å². The molecule has 1 heterocycles. The van der Waals surface area contributed by atoms with E-state index >= 15 is 0 Å². The molecular formula is C20H22FN3O2. The zero-order valence-electron chi connectivity index (χ0n) is 14.5. The van der Waals surface area contributed by atoms with Gasteiger partial charge in [-0.15, -0.1) is 0 Å². The maximum Gasteiger partial charge on any atom is 0.311 e. The molecule has 1 fully saturated rings. The molecule has 2 aromatic rings. The van der Waals surface area contributed by atoms with Crippen molar-refractivity contribution in [2.45, 2.75) is 13.1 Å². The van der Waals surface area contributed by atoms with Crippen molar-refractivity contribution in [2.75, 3.05) is 26.2 Å². The number of nitrogens with zero attached hydrogens (tertiary/aromatic N) is 2. The second-order valence-electron chi connectivity index (χ2n) is 6.33. The summed E-state index contributed by atoms with van der Waals surface area (Å²) < 4.78 is 13.6. The molecule has 1 aliphatic rings. The van der Waals surface area contributed by atoms with Crippen LogP contribution in [0, 0.1) is 5.82 Å². The lowest BCUT2D eigenvalue weighted by atomic mass is 10.2. The van der Waals surface area contributed by atoms with Gasteiger partial charge in [0.15, 0.2) is 0 Å². The number of benzene rings is 2. The second kappa shape index (κ2) is 8.58. The van der Waals surface area contributed by atoms with Crippen LogP contribution >= 0.6 is 0 Å². The van der Waals surface area contributed by atoms with Crippen LogP contribution in [0.4, 0.5) is 4.39 Å². The lowest BCUT2D eigenvalue weighted by molar-refractivity contribution is -0.147. The van der Waals surface area contributed by atoms with Crippen LogP contribution in [0.15, 0.2) is 54.6 Å². The van der Waals surface area contributed by atoms with E-state index in [0.29, 0.717) is 18.7 Å². The van der Waals surface area contributed by atoms with Gasteiger partial charge >= 0.3 is 11.8 Å². The quantitative estimate of drug-likeness (QED) is 0.851. The van der Waals surface area contributed by atoms with E-state index in [-0.39, 0.29) is 6.54 Å². The van der Waals surface area contributed by atoms with Crippen LogP contribution in [-0.2, 0) is 22.7 Å². The Balaban J connectivity index is 1.45. The summed E-state index contributed by atoms with van der Waals surface area (Å²) in [4.78, 5) is 28.1. The minimum absolute atomic E-state index is 0.00518. The molecular weight excluding hydrogens is 333 g/mol. The van der Waals surface area contributed by atoms with E-state index in [4.69, 9.17) is 0 Å². The number of carbonyl (C=O) groups is 2. The molecule has 5 nitrogen and oxygen atoms in total. The first-order valence-electron chi connectivity index (χ1n) is 8.70. The van der Waals surface area contributed by atoms with Gasteiger partial charge in [0.2, 0.25) is 0 Å². The van der Waals surface area contributed by atoms with Crippen LogP contribution in [0.3, 0.4) is 0 Å². The Morgan fingerprint density at radius 1 is 0.923 bits per heavy atom. The fourth-order valence-electron chi connectivity index (χ4n) is 2.99. The number of rotatable bonds is 4. The summed E-state index contributed by atoms with van der Waals surface area (Å²) in [6, 6.07) is 16.3. The molecule has 1 aliphatic heterocycles. The molecule has 6 heteroatoms. The predicted octanol–water partition coefficient (Wildman–Crippen LogP) is 1.79. The molecule has 2 amide bonds. The third-order valence-electron chi connectivity index (χ3n) is 4.50. The Morgan fingerprint density at radius 3 is 2.27 bits per heavy atom. The smallest absolute Gasteiger partial charge is 0.311 e. The SMILES string of the molecule is O=C(NCc1ccccc1F)C(=O)N1CCN(Cc2ccccc2)CC1. The predicted molar refractivity (Wildman–Crippen MR) is 96.5 cm³/mol. The van der Waals surface area contributed by atoms with Crippen LogP contribution in [0.2, 0.25) is 0 Å².